The summed E-state index contributed by atoms with van der Waals surface area (Å²) < 4.78 is 34.0. The summed E-state index contributed by atoms with van der Waals surface area (Å²) >= 11 is 6.19. The highest BCUT2D eigenvalue weighted by Crippen LogP contribution is 2.47. The lowest BCUT2D eigenvalue weighted by atomic mass is 10.0. The van der Waals surface area contributed by atoms with Crippen LogP contribution in [0.2, 0.25) is 5.02 Å². The Labute approximate surface area is 254 Å². The number of aldehydes is 1. The number of phenolic OH excluding ortho intramolecular Hbond substituents is 1. The normalized spacial score (nSPS) is 14.5. The van der Waals surface area contributed by atoms with Gasteiger partial charge in [-0.25, -0.2) is 9.97 Å². The van der Waals surface area contributed by atoms with Crippen LogP contribution in [0.5, 0.6) is 17.2 Å². The molecule has 0 bridgehead atoms. The van der Waals surface area contributed by atoms with Crippen molar-refractivity contribution in [1.82, 2.24) is 19.1 Å². The number of rotatable bonds is 8. The molecule has 0 unspecified atom stereocenters. The smallest absolute Gasteiger partial charge is 0.263 e. The van der Waals surface area contributed by atoms with E-state index in [0.717, 1.165) is 6.42 Å². The second kappa shape index (κ2) is 11.8. The number of carbonyl (C=O) groups is 2. The molecule has 44 heavy (non-hydrogen) atoms. The van der Waals surface area contributed by atoms with Crippen molar-refractivity contribution in [2.45, 2.75) is 25.9 Å². The van der Waals surface area contributed by atoms with Crippen molar-refractivity contribution in [1.29, 1.82) is 0 Å². The molecule has 0 saturated carbocycles. The van der Waals surface area contributed by atoms with Gasteiger partial charge >= 0.3 is 0 Å². The van der Waals surface area contributed by atoms with E-state index in [4.69, 9.17) is 30.8 Å². The fraction of sp³-hybridized carbons (Fsp3) is 0.345. The van der Waals surface area contributed by atoms with E-state index in [-0.39, 0.29) is 56.5 Å². The first-order valence-electron chi connectivity index (χ1n) is 13.8. The van der Waals surface area contributed by atoms with E-state index in [1.807, 2.05) is 4.90 Å². The lowest BCUT2D eigenvalue weighted by Gasteiger charge is -2.28. The first-order valence-corrected chi connectivity index (χ1v) is 14.2. The van der Waals surface area contributed by atoms with Gasteiger partial charge in [-0.15, -0.1) is 0 Å². The van der Waals surface area contributed by atoms with E-state index in [2.05, 4.69) is 10.3 Å². The average Bonchev–Trinajstić information content (AvgIpc) is 3.65. The third kappa shape index (κ3) is 4.99. The van der Waals surface area contributed by atoms with Crippen molar-refractivity contribution in [2.24, 2.45) is 0 Å². The number of benzene rings is 1. The number of aromatic hydroxyl groups is 1. The van der Waals surface area contributed by atoms with Crippen LogP contribution in [0.1, 0.15) is 22.6 Å². The van der Waals surface area contributed by atoms with Gasteiger partial charge in [0.05, 0.1) is 44.1 Å². The minimum absolute atomic E-state index is 0.0387. The largest absolute Gasteiger partial charge is 0.504 e. The van der Waals surface area contributed by atoms with Gasteiger partial charge in [-0.1, -0.05) is 11.6 Å². The van der Waals surface area contributed by atoms with E-state index in [1.165, 1.54) is 30.9 Å². The molecule has 1 aromatic carbocycles. The molecule has 230 valence electrons. The van der Waals surface area contributed by atoms with E-state index in [1.54, 1.807) is 10.8 Å². The Morgan fingerprint density at radius 3 is 2.61 bits per heavy atom. The second-order valence-corrected chi connectivity index (χ2v) is 10.7. The number of anilines is 2. The summed E-state index contributed by atoms with van der Waals surface area (Å²) in [5.74, 6) is -1.04. The summed E-state index contributed by atoms with van der Waals surface area (Å²) in [5.41, 5.74) is 0.449. The van der Waals surface area contributed by atoms with Crippen molar-refractivity contribution >= 4 is 46.3 Å². The molecule has 2 aliphatic rings. The van der Waals surface area contributed by atoms with Crippen LogP contribution in [-0.4, -0.2) is 76.9 Å². The molecule has 0 aliphatic carbocycles. The van der Waals surface area contributed by atoms with Crippen molar-refractivity contribution in [3.05, 3.63) is 51.0 Å². The number of amides is 1. The van der Waals surface area contributed by atoms with Gasteiger partial charge in [0, 0.05) is 49.4 Å². The van der Waals surface area contributed by atoms with Crippen LogP contribution in [0.3, 0.4) is 0 Å². The molecule has 0 atom stereocenters. The molecule has 13 nitrogen and oxygen atoms in total. The number of morpholine rings is 1. The fourth-order valence-electron chi connectivity index (χ4n) is 5.66. The van der Waals surface area contributed by atoms with Crippen molar-refractivity contribution < 1.29 is 33.3 Å². The molecule has 5 heterocycles. The first-order chi connectivity index (χ1) is 21.2. The number of halogens is 2. The summed E-state index contributed by atoms with van der Waals surface area (Å²) in [6.07, 6.45) is 3.32. The highest BCUT2D eigenvalue weighted by molar-refractivity contribution is 6.33. The van der Waals surface area contributed by atoms with E-state index >= 15 is 0 Å². The highest BCUT2D eigenvalue weighted by Gasteiger charge is 2.28. The van der Waals surface area contributed by atoms with Gasteiger partial charge in [-0.3, -0.25) is 19.0 Å². The zero-order valence-corrected chi connectivity index (χ0v) is 24.6. The Balaban J connectivity index is 1.44. The molecule has 15 heteroatoms. The van der Waals surface area contributed by atoms with Gasteiger partial charge in [0.15, 0.2) is 17.8 Å². The number of nitrogens with zero attached hydrogens (tertiary/aromatic N) is 5. The fourth-order valence-corrected chi connectivity index (χ4v) is 5.80. The maximum absolute atomic E-state index is 14.7. The van der Waals surface area contributed by atoms with Gasteiger partial charge in [-0.2, -0.15) is 4.39 Å². The topological polar surface area (TPSA) is 150 Å². The molecule has 1 fully saturated rings. The molecule has 0 spiro atoms. The van der Waals surface area contributed by atoms with Gasteiger partial charge in [0.1, 0.15) is 28.9 Å². The number of hydrogen-bond acceptors (Lipinski definition) is 10. The van der Waals surface area contributed by atoms with E-state index in [0.29, 0.717) is 62.8 Å². The monoisotopic (exact) mass is 626 g/mol. The van der Waals surface area contributed by atoms with Crippen LogP contribution < -0.4 is 25.2 Å². The number of pyridine rings is 1. The minimum Gasteiger partial charge on any atom is -0.504 e. The van der Waals surface area contributed by atoms with E-state index in [9.17, 15) is 23.9 Å². The Morgan fingerprint density at radius 1 is 1.16 bits per heavy atom. The Kier molecular flexibility index (Phi) is 7.86. The van der Waals surface area contributed by atoms with Crippen LogP contribution in [0.25, 0.3) is 22.2 Å². The summed E-state index contributed by atoms with van der Waals surface area (Å²) in [6, 6.07) is 2.88. The minimum atomic E-state index is -0.927. The molecular weight excluding hydrogens is 599 g/mol. The first kappa shape index (κ1) is 29.4. The van der Waals surface area contributed by atoms with Crippen LogP contribution in [0.4, 0.5) is 15.9 Å². The summed E-state index contributed by atoms with van der Waals surface area (Å²) in [4.78, 5) is 49.5. The molecule has 3 aromatic heterocycles. The maximum Gasteiger partial charge on any atom is 0.263 e. The number of carbonyl (C=O) groups excluding carboxylic acids is 2. The Hall–Kier alpha value is -4.69. The molecule has 6 rings (SSSR count). The number of hydrogen-bond donors (Lipinski definition) is 2. The lowest BCUT2D eigenvalue weighted by molar-refractivity contribution is -0.116. The number of ether oxygens (including phenoxy) is 3. The Morgan fingerprint density at radius 2 is 1.91 bits per heavy atom. The molecule has 0 radical (unpaired) electrons. The predicted molar refractivity (Wildman–Crippen MR) is 159 cm³/mol. The van der Waals surface area contributed by atoms with Gasteiger partial charge in [0.2, 0.25) is 17.6 Å². The van der Waals surface area contributed by atoms with Crippen molar-refractivity contribution in [3.63, 3.8) is 0 Å². The molecule has 2 aliphatic heterocycles. The third-order valence-electron chi connectivity index (χ3n) is 7.73. The number of nitrogens with one attached hydrogen (secondary N) is 1. The van der Waals surface area contributed by atoms with Crippen LogP contribution in [0.15, 0.2) is 23.1 Å². The van der Waals surface area contributed by atoms with E-state index < -0.39 is 17.6 Å². The molecule has 2 N–H and O–H groups in total. The predicted octanol–water partition coefficient (Wildman–Crippen LogP) is 3.01. The SMILES string of the molecule is COc1c(-c2cn(CC(=O)Nc3cc(N4CCOCC4)nc(F)c3Cl)c3nc4n(c(=O)c23)CCC4)cc(C=O)c(O)c1OC. The molecular formula is C29H28ClFN6O7. The standard InChI is InChI=1S/C29H28ClFN6O7/c1-42-25-16(10-15(14-38)24(40)26(25)43-2)17-12-36(28-22(17)29(41)37-5-3-4-19(37)34-28)13-21(39)32-18-11-20(33-27(31)23(18)30)35-6-8-44-9-7-35/h10-12,14,40H,3-9,13H2,1-2H3,(H,32,33,39). The van der Waals surface area contributed by atoms with Gasteiger partial charge in [0.25, 0.3) is 5.56 Å². The summed E-state index contributed by atoms with van der Waals surface area (Å²) in [5, 5.41) is 13.1. The average molecular weight is 627 g/mol. The summed E-state index contributed by atoms with van der Waals surface area (Å²) in [7, 11) is 2.67. The Bertz CT molecular complexity index is 1870. The van der Waals surface area contributed by atoms with Crippen LogP contribution in [-0.2, 0) is 29.0 Å². The van der Waals surface area contributed by atoms with Crippen LogP contribution in [0, 0.1) is 5.95 Å². The third-order valence-corrected chi connectivity index (χ3v) is 8.09. The zero-order chi connectivity index (χ0) is 31.1. The zero-order valence-electron chi connectivity index (χ0n) is 23.9. The maximum atomic E-state index is 14.7. The van der Waals surface area contributed by atoms with Crippen molar-refractivity contribution in [3.8, 4) is 28.4 Å². The number of fused-ring (bicyclic) bond motifs is 2. The number of phenols is 1. The highest BCUT2D eigenvalue weighted by atomic mass is 35.5. The quantitative estimate of drug-likeness (QED) is 0.221. The molecule has 4 aromatic rings. The van der Waals surface area contributed by atoms with Gasteiger partial charge < -0.3 is 34.1 Å². The summed E-state index contributed by atoms with van der Waals surface area (Å²) in [6.45, 7) is 2.08. The van der Waals surface area contributed by atoms with Crippen LogP contribution >= 0.6 is 11.6 Å². The lowest BCUT2D eigenvalue weighted by Crippen LogP contribution is -2.37. The number of methoxy groups -OCH3 is 2. The number of aromatic nitrogens is 4. The second-order valence-electron chi connectivity index (χ2n) is 10.3. The van der Waals surface area contributed by atoms with Gasteiger partial charge in [-0.05, 0) is 12.5 Å². The van der Waals surface area contributed by atoms with Crippen molar-refractivity contribution in [2.75, 3.05) is 50.7 Å². The number of aryl methyl sites for hydroxylation is 1. The molecule has 1 saturated heterocycles. The molecule has 1 amide bonds.